The van der Waals surface area contributed by atoms with Gasteiger partial charge in [-0.1, -0.05) is 34.1 Å². The van der Waals surface area contributed by atoms with Crippen LogP contribution >= 0.6 is 15.9 Å². The van der Waals surface area contributed by atoms with E-state index in [0.717, 1.165) is 21.5 Å². The zero-order chi connectivity index (χ0) is 18.2. The third-order valence-corrected chi connectivity index (χ3v) is 4.39. The Bertz CT molecular complexity index is 686. The van der Waals surface area contributed by atoms with Crippen LogP contribution in [-0.4, -0.2) is 38.6 Å². The molecule has 0 aliphatic rings. The molecule has 1 amide bonds. The number of benzene rings is 2. The molecule has 0 N–H and O–H groups in total. The van der Waals surface area contributed by atoms with Crippen molar-refractivity contribution in [1.82, 2.24) is 4.90 Å². The van der Waals surface area contributed by atoms with Crippen LogP contribution in [0.15, 0.2) is 53.0 Å². The topological polar surface area (TPSA) is 32.8 Å². The highest BCUT2D eigenvalue weighted by Crippen LogP contribution is 2.18. The summed E-state index contributed by atoms with van der Waals surface area (Å²) in [7, 11) is 5.87. The predicted octanol–water partition coefficient (Wildman–Crippen LogP) is 4.33. The molecule has 2 aromatic carbocycles. The van der Waals surface area contributed by atoms with Crippen LogP contribution in [0.25, 0.3) is 0 Å². The second kappa shape index (κ2) is 9.47. The van der Waals surface area contributed by atoms with Gasteiger partial charge < -0.3 is 14.5 Å². The van der Waals surface area contributed by atoms with E-state index in [1.807, 2.05) is 45.4 Å². The number of carbonyl (C=O) groups excluding carboxylic acids is 1. The summed E-state index contributed by atoms with van der Waals surface area (Å²) < 4.78 is 6.65. The first-order valence-corrected chi connectivity index (χ1v) is 9.13. The van der Waals surface area contributed by atoms with E-state index in [2.05, 4.69) is 45.1 Å². The molecule has 2 aromatic rings. The van der Waals surface area contributed by atoms with E-state index in [9.17, 15) is 4.79 Å². The number of anilines is 1. The minimum Gasteiger partial charge on any atom is -0.494 e. The first kappa shape index (κ1) is 19.3. The minimum absolute atomic E-state index is 0.134. The summed E-state index contributed by atoms with van der Waals surface area (Å²) in [6.45, 7) is 1.16. The van der Waals surface area contributed by atoms with Crippen molar-refractivity contribution in [1.29, 1.82) is 0 Å². The van der Waals surface area contributed by atoms with Gasteiger partial charge in [0.2, 0.25) is 5.91 Å². The Morgan fingerprint density at radius 3 is 2.44 bits per heavy atom. The van der Waals surface area contributed by atoms with Gasteiger partial charge in [-0.05, 0) is 42.3 Å². The highest BCUT2D eigenvalue weighted by atomic mass is 79.9. The van der Waals surface area contributed by atoms with E-state index in [0.29, 0.717) is 26.0 Å². The summed E-state index contributed by atoms with van der Waals surface area (Å²) in [5, 5.41) is 0. The number of hydrogen-bond donors (Lipinski definition) is 0. The van der Waals surface area contributed by atoms with Gasteiger partial charge in [0, 0.05) is 44.3 Å². The Hall–Kier alpha value is -2.01. The zero-order valence-electron chi connectivity index (χ0n) is 15.0. The number of halogens is 1. The average Bonchev–Trinajstić information content (AvgIpc) is 2.59. The average molecular weight is 405 g/mol. The number of rotatable bonds is 8. The summed E-state index contributed by atoms with van der Waals surface area (Å²) in [4.78, 5) is 16.1. The van der Waals surface area contributed by atoms with Crippen LogP contribution in [0.4, 0.5) is 5.69 Å². The molecule has 0 aliphatic carbocycles. The Labute approximate surface area is 158 Å². The number of carbonyl (C=O) groups is 1. The molecule has 0 saturated heterocycles. The molecule has 2 rings (SSSR count). The quantitative estimate of drug-likeness (QED) is 0.613. The van der Waals surface area contributed by atoms with E-state index >= 15 is 0 Å². The van der Waals surface area contributed by atoms with Gasteiger partial charge in [0.05, 0.1) is 6.61 Å². The molecular formula is C20H25BrN2O2. The van der Waals surface area contributed by atoms with Gasteiger partial charge in [-0.2, -0.15) is 0 Å². The molecule has 0 atom stereocenters. The predicted molar refractivity (Wildman–Crippen MR) is 106 cm³/mol. The first-order valence-electron chi connectivity index (χ1n) is 8.34. The third-order valence-electron chi connectivity index (χ3n) is 3.90. The minimum atomic E-state index is 0.134. The van der Waals surface area contributed by atoms with E-state index in [1.165, 1.54) is 0 Å². The molecule has 0 aromatic heterocycles. The largest absolute Gasteiger partial charge is 0.494 e. The molecule has 0 radical (unpaired) electrons. The molecule has 0 aliphatic heterocycles. The second-order valence-electron chi connectivity index (χ2n) is 6.22. The Morgan fingerprint density at radius 1 is 1.08 bits per heavy atom. The van der Waals surface area contributed by atoms with Gasteiger partial charge in [-0.3, -0.25) is 4.79 Å². The third kappa shape index (κ3) is 6.42. The van der Waals surface area contributed by atoms with Crippen LogP contribution in [0.1, 0.15) is 18.4 Å². The summed E-state index contributed by atoms with van der Waals surface area (Å²) in [6.07, 6.45) is 1.19. The summed E-state index contributed by atoms with van der Waals surface area (Å²) in [6, 6.07) is 16.0. The number of amides is 1. The fourth-order valence-electron chi connectivity index (χ4n) is 2.42. The van der Waals surface area contributed by atoms with Gasteiger partial charge in [-0.25, -0.2) is 0 Å². The SMILES string of the molecule is CN(Cc1ccc(N(C)C)cc1)C(=O)CCCOc1cccc(Br)c1. The van der Waals surface area contributed by atoms with Crippen molar-refractivity contribution in [3.8, 4) is 5.75 Å². The van der Waals surface area contributed by atoms with Crippen molar-refractivity contribution in [2.45, 2.75) is 19.4 Å². The maximum Gasteiger partial charge on any atom is 0.222 e. The molecule has 0 heterocycles. The summed E-state index contributed by atoms with van der Waals surface area (Å²) in [5.41, 5.74) is 2.29. The molecule has 4 nitrogen and oxygen atoms in total. The number of hydrogen-bond acceptors (Lipinski definition) is 3. The molecule has 25 heavy (non-hydrogen) atoms. The lowest BCUT2D eigenvalue weighted by molar-refractivity contribution is -0.130. The number of nitrogens with zero attached hydrogens (tertiary/aromatic N) is 2. The van der Waals surface area contributed by atoms with Crippen LogP contribution in [-0.2, 0) is 11.3 Å². The first-order chi connectivity index (χ1) is 12.0. The van der Waals surface area contributed by atoms with E-state index in [-0.39, 0.29) is 5.91 Å². The smallest absolute Gasteiger partial charge is 0.222 e. The van der Waals surface area contributed by atoms with Gasteiger partial charge in [0.25, 0.3) is 0 Å². The second-order valence-corrected chi connectivity index (χ2v) is 7.14. The normalized spacial score (nSPS) is 10.4. The highest BCUT2D eigenvalue weighted by Gasteiger charge is 2.09. The van der Waals surface area contributed by atoms with Crippen LogP contribution in [0.5, 0.6) is 5.75 Å². The van der Waals surface area contributed by atoms with E-state index in [4.69, 9.17) is 4.74 Å². The maximum atomic E-state index is 12.2. The van der Waals surface area contributed by atoms with E-state index in [1.54, 1.807) is 4.90 Å². The van der Waals surface area contributed by atoms with Crippen LogP contribution in [0, 0.1) is 0 Å². The van der Waals surface area contributed by atoms with Crippen LogP contribution in [0.3, 0.4) is 0 Å². The summed E-state index contributed by atoms with van der Waals surface area (Å²) >= 11 is 3.41. The molecule has 0 fully saturated rings. The van der Waals surface area contributed by atoms with Crippen molar-refractivity contribution < 1.29 is 9.53 Å². The Kier molecular flexibility index (Phi) is 7.31. The van der Waals surface area contributed by atoms with E-state index < -0.39 is 0 Å². The lowest BCUT2D eigenvalue weighted by Crippen LogP contribution is -2.26. The highest BCUT2D eigenvalue weighted by molar-refractivity contribution is 9.10. The van der Waals surface area contributed by atoms with Crippen molar-refractivity contribution in [2.75, 3.05) is 32.6 Å². The number of ether oxygens (including phenoxy) is 1. The lowest BCUT2D eigenvalue weighted by Gasteiger charge is -2.18. The Balaban J connectivity index is 1.72. The van der Waals surface area contributed by atoms with Crippen molar-refractivity contribution in [3.05, 3.63) is 58.6 Å². The zero-order valence-corrected chi connectivity index (χ0v) is 16.6. The molecular weight excluding hydrogens is 380 g/mol. The molecule has 0 unspecified atom stereocenters. The van der Waals surface area contributed by atoms with Gasteiger partial charge in [-0.15, -0.1) is 0 Å². The molecule has 0 spiro atoms. The molecule has 5 heteroatoms. The Morgan fingerprint density at radius 2 is 1.80 bits per heavy atom. The van der Waals surface area contributed by atoms with Crippen LogP contribution in [0.2, 0.25) is 0 Å². The van der Waals surface area contributed by atoms with Crippen molar-refractivity contribution >= 4 is 27.5 Å². The van der Waals surface area contributed by atoms with Crippen LogP contribution < -0.4 is 9.64 Å². The monoisotopic (exact) mass is 404 g/mol. The van der Waals surface area contributed by atoms with Crippen molar-refractivity contribution in [2.24, 2.45) is 0 Å². The summed E-state index contributed by atoms with van der Waals surface area (Å²) in [5.74, 6) is 0.950. The maximum absolute atomic E-state index is 12.2. The molecule has 134 valence electrons. The lowest BCUT2D eigenvalue weighted by atomic mass is 10.2. The van der Waals surface area contributed by atoms with Crippen molar-refractivity contribution in [3.63, 3.8) is 0 Å². The van der Waals surface area contributed by atoms with Gasteiger partial charge in [0.1, 0.15) is 5.75 Å². The molecule has 0 saturated carbocycles. The molecule has 0 bridgehead atoms. The standard InChI is InChI=1S/C20H25BrN2O2/c1-22(2)18-11-9-16(10-12-18)15-23(3)20(24)8-5-13-25-19-7-4-6-17(21)14-19/h4,6-7,9-12,14H,5,8,13,15H2,1-3H3. The van der Waals surface area contributed by atoms with Gasteiger partial charge in [0.15, 0.2) is 0 Å². The fraction of sp³-hybridized carbons (Fsp3) is 0.350. The van der Waals surface area contributed by atoms with Gasteiger partial charge >= 0.3 is 0 Å². The fourth-order valence-corrected chi connectivity index (χ4v) is 2.80.